The summed E-state index contributed by atoms with van der Waals surface area (Å²) in [6.45, 7) is 0.141. The van der Waals surface area contributed by atoms with Crippen molar-refractivity contribution in [2.45, 2.75) is 11.4 Å². The van der Waals surface area contributed by atoms with E-state index >= 15 is 0 Å². The van der Waals surface area contributed by atoms with Gasteiger partial charge in [0.05, 0.1) is 26.2 Å². The van der Waals surface area contributed by atoms with Gasteiger partial charge in [-0.1, -0.05) is 11.6 Å². The van der Waals surface area contributed by atoms with Gasteiger partial charge in [-0.2, -0.15) is 4.31 Å². The summed E-state index contributed by atoms with van der Waals surface area (Å²) < 4.78 is 42.5. The van der Waals surface area contributed by atoms with Crippen LogP contribution in [0.25, 0.3) is 0 Å². The van der Waals surface area contributed by atoms with Crippen LogP contribution in [0, 0.1) is 0 Å². The molecule has 0 heterocycles. The fraction of sp³-hybridized carbons (Fsp3) is 0.294. The second-order valence-corrected chi connectivity index (χ2v) is 7.73. The molecule has 0 N–H and O–H groups in total. The third-order valence-electron chi connectivity index (χ3n) is 3.65. The van der Waals surface area contributed by atoms with Gasteiger partial charge in [-0.05, 0) is 42.0 Å². The van der Waals surface area contributed by atoms with E-state index in [1.165, 1.54) is 44.8 Å². The van der Waals surface area contributed by atoms with Gasteiger partial charge in [0, 0.05) is 18.6 Å². The third kappa shape index (κ3) is 4.18. The zero-order valence-corrected chi connectivity index (χ0v) is 16.0. The van der Waals surface area contributed by atoms with Crippen LogP contribution in [0.3, 0.4) is 0 Å². The summed E-state index contributed by atoms with van der Waals surface area (Å²) in [5.74, 6) is 1.39. The first-order valence-electron chi connectivity index (χ1n) is 7.34. The fourth-order valence-electron chi connectivity index (χ4n) is 2.36. The molecule has 0 amide bonds. The number of methoxy groups -OCH3 is 3. The predicted molar refractivity (Wildman–Crippen MR) is 96.2 cm³/mol. The van der Waals surface area contributed by atoms with Gasteiger partial charge < -0.3 is 14.2 Å². The molecule has 0 saturated heterocycles. The van der Waals surface area contributed by atoms with Crippen LogP contribution in [0.5, 0.6) is 17.2 Å². The highest BCUT2D eigenvalue weighted by Crippen LogP contribution is 2.38. The van der Waals surface area contributed by atoms with Gasteiger partial charge in [0.25, 0.3) is 0 Å². The minimum atomic E-state index is -3.65. The van der Waals surface area contributed by atoms with Crippen LogP contribution in [0.15, 0.2) is 41.3 Å². The summed E-state index contributed by atoms with van der Waals surface area (Å²) in [5, 5.41) is 0.478. The van der Waals surface area contributed by atoms with Gasteiger partial charge in [-0.25, -0.2) is 8.42 Å². The molecular formula is C17H20ClNO5S. The summed E-state index contributed by atoms with van der Waals surface area (Å²) in [7, 11) is 2.39. The third-order valence-corrected chi connectivity index (χ3v) is 5.72. The van der Waals surface area contributed by atoms with Crippen molar-refractivity contribution >= 4 is 21.6 Å². The molecule has 136 valence electrons. The molecule has 0 aromatic heterocycles. The summed E-state index contributed by atoms with van der Waals surface area (Å²) >= 11 is 5.82. The van der Waals surface area contributed by atoms with Crippen molar-refractivity contribution in [2.24, 2.45) is 0 Å². The number of rotatable bonds is 7. The van der Waals surface area contributed by atoms with Crippen LogP contribution in [0.1, 0.15) is 5.56 Å². The van der Waals surface area contributed by atoms with Crippen molar-refractivity contribution in [1.82, 2.24) is 4.31 Å². The Morgan fingerprint density at radius 3 is 1.92 bits per heavy atom. The fourth-order valence-corrected chi connectivity index (χ4v) is 3.64. The second kappa shape index (κ2) is 7.95. The first-order valence-corrected chi connectivity index (χ1v) is 9.16. The van der Waals surface area contributed by atoms with Crippen molar-refractivity contribution < 1.29 is 22.6 Å². The standard InChI is InChI=1S/C17H20ClNO5S/c1-19(25(20,21)14-7-5-13(18)6-8-14)11-12-9-15(22-2)17(24-4)16(10-12)23-3/h5-10H,11H2,1-4H3. The molecule has 0 aliphatic heterocycles. The number of ether oxygens (including phenoxy) is 3. The molecule has 0 atom stereocenters. The predicted octanol–water partition coefficient (Wildman–Crippen LogP) is 3.19. The minimum Gasteiger partial charge on any atom is -0.493 e. The van der Waals surface area contributed by atoms with E-state index in [1.807, 2.05) is 0 Å². The highest BCUT2D eigenvalue weighted by atomic mass is 35.5. The number of nitrogens with zero attached hydrogens (tertiary/aromatic N) is 1. The molecule has 0 unspecified atom stereocenters. The first kappa shape index (κ1) is 19.4. The van der Waals surface area contributed by atoms with Crippen molar-refractivity contribution in [1.29, 1.82) is 0 Å². The Morgan fingerprint density at radius 1 is 0.960 bits per heavy atom. The second-order valence-electron chi connectivity index (χ2n) is 5.25. The van der Waals surface area contributed by atoms with Crippen LogP contribution in [0.4, 0.5) is 0 Å². The summed E-state index contributed by atoms with van der Waals surface area (Å²) in [6.07, 6.45) is 0. The number of halogens is 1. The topological polar surface area (TPSA) is 65.1 Å². The average molecular weight is 386 g/mol. The van der Waals surface area contributed by atoms with Gasteiger partial charge in [0.1, 0.15) is 0 Å². The van der Waals surface area contributed by atoms with Crippen molar-refractivity contribution in [3.63, 3.8) is 0 Å². The molecule has 0 saturated carbocycles. The Morgan fingerprint density at radius 2 is 1.48 bits per heavy atom. The van der Waals surface area contributed by atoms with Crippen LogP contribution in [0.2, 0.25) is 5.02 Å². The molecule has 25 heavy (non-hydrogen) atoms. The molecule has 2 aromatic rings. The Hall–Kier alpha value is -1.96. The normalized spacial score (nSPS) is 11.4. The molecule has 0 aliphatic rings. The average Bonchev–Trinajstić information content (AvgIpc) is 2.61. The van der Waals surface area contributed by atoms with Crippen LogP contribution in [-0.4, -0.2) is 41.1 Å². The van der Waals surface area contributed by atoms with Gasteiger partial charge in [-0.3, -0.25) is 0 Å². The molecular weight excluding hydrogens is 366 g/mol. The molecule has 2 aromatic carbocycles. The molecule has 0 spiro atoms. The summed E-state index contributed by atoms with van der Waals surface area (Å²) in [5.41, 5.74) is 0.703. The van der Waals surface area contributed by atoms with Crippen molar-refractivity contribution in [2.75, 3.05) is 28.4 Å². The summed E-state index contributed by atoms with van der Waals surface area (Å²) in [4.78, 5) is 0.173. The monoisotopic (exact) mass is 385 g/mol. The van der Waals surface area contributed by atoms with Crippen molar-refractivity contribution in [3.05, 3.63) is 47.0 Å². The Bertz CT molecular complexity index is 812. The summed E-state index contributed by atoms with van der Waals surface area (Å²) in [6, 6.07) is 9.47. The van der Waals surface area contributed by atoms with E-state index in [0.29, 0.717) is 27.8 Å². The molecule has 0 bridgehead atoms. The van der Waals surface area contributed by atoms with E-state index in [1.54, 1.807) is 24.3 Å². The Balaban J connectivity index is 2.33. The quantitative estimate of drug-likeness (QED) is 0.732. The lowest BCUT2D eigenvalue weighted by Crippen LogP contribution is -2.26. The van der Waals surface area contributed by atoms with E-state index in [-0.39, 0.29) is 11.4 Å². The molecule has 0 fully saturated rings. The number of hydrogen-bond donors (Lipinski definition) is 0. The lowest BCUT2D eigenvalue weighted by atomic mass is 10.2. The van der Waals surface area contributed by atoms with Gasteiger partial charge in [0.2, 0.25) is 15.8 Å². The largest absolute Gasteiger partial charge is 0.493 e. The van der Waals surface area contributed by atoms with E-state index in [0.717, 1.165) is 0 Å². The molecule has 2 rings (SSSR count). The smallest absolute Gasteiger partial charge is 0.243 e. The van der Waals surface area contributed by atoms with E-state index in [2.05, 4.69) is 0 Å². The van der Waals surface area contributed by atoms with Gasteiger partial charge in [0.15, 0.2) is 11.5 Å². The zero-order chi connectivity index (χ0) is 18.6. The maximum atomic E-state index is 12.7. The lowest BCUT2D eigenvalue weighted by Gasteiger charge is -2.19. The first-order chi connectivity index (χ1) is 11.8. The maximum Gasteiger partial charge on any atom is 0.243 e. The van der Waals surface area contributed by atoms with E-state index < -0.39 is 10.0 Å². The molecule has 8 heteroatoms. The Kier molecular flexibility index (Phi) is 6.16. The van der Waals surface area contributed by atoms with Gasteiger partial charge in [-0.15, -0.1) is 0 Å². The minimum absolute atomic E-state index is 0.141. The number of benzene rings is 2. The highest BCUT2D eigenvalue weighted by molar-refractivity contribution is 7.89. The maximum absolute atomic E-state index is 12.7. The van der Waals surface area contributed by atoms with E-state index in [4.69, 9.17) is 25.8 Å². The lowest BCUT2D eigenvalue weighted by molar-refractivity contribution is 0.323. The van der Waals surface area contributed by atoms with Crippen molar-refractivity contribution in [3.8, 4) is 17.2 Å². The molecule has 0 radical (unpaired) electrons. The molecule has 6 nitrogen and oxygen atoms in total. The van der Waals surface area contributed by atoms with Crippen LogP contribution >= 0.6 is 11.6 Å². The number of sulfonamides is 1. The van der Waals surface area contributed by atoms with Gasteiger partial charge >= 0.3 is 0 Å². The zero-order valence-electron chi connectivity index (χ0n) is 14.4. The van der Waals surface area contributed by atoms with Crippen LogP contribution < -0.4 is 14.2 Å². The van der Waals surface area contributed by atoms with E-state index in [9.17, 15) is 8.42 Å². The van der Waals surface area contributed by atoms with Crippen LogP contribution in [-0.2, 0) is 16.6 Å². The molecule has 0 aliphatic carbocycles. The highest BCUT2D eigenvalue weighted by Gasteiger charge is 2.22. The Labute approximate surface area is 152 Å². The number of hydrogen-bond acceptors (Lipinski definition) is 5. The SMILES string of the molecule is COc1cc(CN(C)S(=O)(=O)c2ccc(Cl)cc2)cc(OC)c1OC.